The Balaban J connectivity index is 1.58. The normalized spacial score (nSPS) is 11.2. The number of methoxy groups -OCH3 is 1. The van der Waals surface area contributed by atoms with Crippen molar-refractivity contribution in [3.05, 3.63) is 77.5 Å². The zero-order valence-corrected chi connectivity index (χ0v) is 15.1. The molecule has 0 unspecified atom stereocenters. The third kappa shape index (κ3) is 4.70. The molecular weight excluding hydrogens is 340 g/mol. The van der Waals surface area contributed by atoms with Gasteiger partial charge in [0.15, 0.2) is 0 Å². The van der Waals surface area contributed by atoms with Gasteiger partial charge in [-0.25, -0.2) is 5.43 Å². The van der Waals surface area contributed by atoms with Crippen molar-refractivity contribution in [3.63, 3.8) is 0 Å². The van der Waals surface area contributed by atoms with Crippen molar-refractivity contribution in [3.8, 4) is 17.0 Å². The van der Waals surface area contributed by atoms with Gasteiger partial charge in [0.25, 0.3) is 5.91 Å². The fourth-order valence-electron chi connectivity index (χ4n) is 2.46. The number of aromatic amines is 1. The molecule has 3 rings (SSSR count). The number of allylic oxidation sites excluding steroid dienone is 1. The number of aryl methyl sites for hydroxylation is 1. The van der Waals surface area contributed by atoms with E-state index in [1.54, 1.807) is 19.3 Å². The van der Waals surface area contributed by atoms with E-state index in [2.05, 4.69) is 20.7 Å². The van der Waals surface area contributed by atoms with Gasteiger partial charge in [-0.1, -0.05) is 48.0 Å². The highest BCUT2D eigenvalue weighted by molar-refractivity contribution is 5.94. The van der Waals surface area contributed by atoms with Crippen LogP contribution in [0.3, 0.4) is 0 Å². The SMILES string of the molecule is COc1ccccc1C=CC=NNC(=O)c1cc(-c2ccc(C)cc2)n[nH]1. The summed E-state index contributed by atoms with van der Waals surface area (Å²) in [7, 11) is 1.62. The van der Waals surface area contributed by atoms with Crippen molar-refractivity contribution in [1.29, 1.82) is 0 Å². The number of H-pyrrole nitrogens is 1. The Labute approximate surface area is 157 Å². The second-order valence-electron chi connectivity index (χ2n) is 5.85. The van der Waals surface area contributed by atoms with Crippen LogP contribution in [-0.4, -0.2) is 29.4 Å². The average Bonchev–Trinajstić information content (AvgIpc) is 3.19. The molecule has 0 radical (unpaired) electrons. The average molecular weight is 360 g/mol. The Bertz CT molecular complexity index is 972. The fraction of sp³-hybridized carbons (Fsp3) is 0.0952. The van der Waals surface area contributed by atoms with E-state index in [1.807, 2.05) is 61.5 Å². The molecule has 1 heterocycles. The van der Waals surface area contributed by atoms with Crippen LogP contribution in [0.1, 0.15) is 21.6 Å². The van der Waals surface area contributed by atoms with Gasteiger partial charge >= 0.3 is 0 Å². The number of ether oxygens (including phenoxy) is 1. The van der Waals surface area contributed by atoms with Crippen molar-refractivity contribution in [2.75, 3.05) is 7.11 Å². The van der Waals surface area contributed by atoms with Crippen LogP contribution in [0.2, 0.25) is 0 Å². The lowest BCUT2D eigenvalue weighted by Crippen LogP contribution is -2.17. The number of nitrogens with zero attached hydrogens (tertiary/aromatic N) is 2. The van der Waals surface area contributed by atoms with Crippen LogP contribution >= 0.6 is 0 Å². The molecule has 0 saturated heterocycles. The molecule has 6 nitrogen and oxygen atoms in total. The van der Waals surface area contributed by atoms with Crippen molar-refractivity contribution >= 4 is 18.2 Å². The molecule has 0 atom stereocenters. The summed E-state index contributed by atoms with van der Waals surface area (Å²) in [6.45, 7) is 2.02. The van der Waals surface area contributed by atoms with Crippen LogP contribution in [0.25, 0.3) is 17.3 Å². The standard InChI is InChI=1S/C21H20N4O2/c1-15-9-11-16(12-10-15)18-14-19(24-23-18)21(26)25-22-13-5-7-17-6-3-4-8-20(17)27-2/h3-14H,1-2H3,(H,23,24)(H,25,26). The molecule has 0 aliphatic rings. The predicted octanol–water partition coefficient (Wildman–Crippen LogP) is 3.82. The zero-order chi connectivity index (χ0) is 19.1. The summed E-state index contributed by atoms with van der Waals surface area (Å²) in [5.74, 6) is 0.412. The lowest BCUT2D eigenvalue weighted by atomic mass is 10.1. The Morgan fingerprint density at radius 3 is 2.74 bits per heavy atom. The quantitative estimate of drug-likeness (QED) is 0.518. The molecule has 1 amide bonds. The van der Waals surface area contributed by atoms with Gasteiger partial charge in [-0.05, 0) is 31.2 Å². The van der Waals surface area contributed by atoms with Crippen molar-refractivity contribution in [2.24, 2.45) is 5.10 Å². The van der Waals surface area contributed by atoms with Crippen LogP contribution in [0.4, 0.5) is 0 Å². The third-order valence-corrected chi connectivity index (χ3v) is 3.91. The van der Waals surface area contributed by atoms with Crippen LogP contribution in [0, 0.1) is 6.92 Å². The molecule has 0 bridgehead atoms. The third-order valence-electron chi connectivity index (χ3n) is 3.91. The van der Waals surface area contributed by atoms with E-state index in [9.17, 15) is 4.79 Å². The van der Waals surface area contributed by atoms with Crippen molar-refractivity contribution in [2.45, 2.75) is 6.92 Å². The van der Waals surface area contributed by atoms with E-state index < -0.39 is 0 Å². The minimum atomic E-state index is -0.359. The van der Waals surface area contributed by atoms with E-state index in [1.165, 1.54) is 11.8 Å². The maximum Gasteiger partial charge on any atom is 0.289 e. The molecule has 2 aromatic carbocycles. The number of carbonyl (C=O) groups is 1. The summed E-state index contributed by atoms with van der Waals surface area (Å²) in [6, 6.07) is 17.3. The number of carbonyl (C=O) groups excluding carboxylic acids is 1. The highest BCUT2D eigenvalue weighted by Crippen LogP contribution is 2.19. The van der Waals surface area contributed by atoms with Crippen LogP contribution in [0.15, 0.2) is 65.8 Å². The Kier molecular flexibility index (Phi) is 5.79. The fourth-order valence-corrected chi connectivity index (χ4v) is 2.46. The lowest BCUT2D eigenvalue weighted by molar-refractivity contribution is 0.0950. The summed E-state index contributed by atoms with van der Waals surface area (Å²) in [4.78, 5) is 12.1. The molecule has 27 heavy (non-hydrogen) atoms. The number of nitrogens with one attached hydrogen (secondary N) is 2. The first-order chi connectivity index (χ1) is 13.2. The van der Waals surface area contributed by atoms with Gasteiger partial charge < -0.3 is 4.74 Å². The number of benzene rings is 2. The van der Waals surface area contributed by atoms with E-state index in [0.717, 1.165) is 16.9 Å². The van der Waals surface area contributed by atoms with Crippen LogP contribution in [0.5, 0.6) is 5.75 Å². The molecule has 0 spiro atoms. The van der Waals surface area contributed by atoms with E-state index in [0.29, 0.717) is 11.4 Å². The first kappa shape index (κ1) is 18.1. The second kappa shape index (κ2) is 8.62. The largest absolute Gasteiger partial charge is 0.496 e. The number of hydrogen-bond acceptors (Lipinski definition) is 4. The van der Waals surface area contributed by atoms with Gasteiger partial charge in [-0.3, -0.25) is 9.89 Å². The van der Waals surface area contributed by atoms with Gasteiger partial charge in [0, 0.05) is 17.3 Å². The lowest BCUT2D eigenvalue weighted by Gasteiger charge is -2.02. The summed E-state index contributed by atoms with van der Waals surface area (Å²) in [6.07, 6.45) is 5.07. The highest BCUT2D eigenvalue weighted by atomic mass is 16.5. The molecule has 1 aromatic heterocycles. The van der Waals surface area contributed by atoms with Crippen molar-refractivity contribution < 1.29 is 9.53 Å². The molecule has 136 valence electrons. The molecule has 6 heteroatoms. The molecule has 0 aliphatic heterocycles. The molecule has 0 fully saturated rings. The minimum Gasteiger partial charge on any atom is -0.496 e. The van der Waals surface area contributed by atoms with Gasteiger partial charge in [0.05, 0.1) is 12.8 Å². The monoisotopic (exact) mass is 360 g/mol. The van der Waals surface area contributed by atoms with Crippen molar-refractivity contribution in [1.82, 2.24) is 15.6 Å². The van der Waals surface area contributed by atoms with E-state index >= 15 is 0 Å². The minimum absolute atomic E-state index is 0.344. The summed E-state index contributed by atoms with van der Waals surface area (Å²) < 4.78 is 5.27. The number of hydrazone groups is 1. The molecule has 2 N–H and O–H groups in total. The molecule has 3 aromatic rings. The smallest absolute Gasteiger partial charge is 0.289 e. The van der Waals surface area contributed by atoms with Crippen LogP contribution in [-0.2, 0) is 0 Å². The van der Waals surface area contributed by atoms with E-state index in [4.69, 9.17) is 4.74 Å². The van der Waals surface area contributed by atoms with E-state index in [-0.39, 0.29) is 5.91 Å². The number of rotatable bonds is 6. The summed E-state index contributed by atoms with van der Waals surface area (Å²) in [5, 5.41) is 10.8. The topological polar surface area (TPSA) is 79.4 Å². The number of aromatic nitrogens is 2. The predicted molar refractivity (Wildman–Crippen MR) is 107 cm³/mol. The van der Waals surface area contributed by atoms with Gasteiger partial charge in [-0.2, -0.15) is 10.2 Å². The number of para-hydroxylation sites is 1. The van der Waals surface area contributed by atoms with Gasteiger partial charge in [0.1, 0.15) is 11.4 Å². The zero-order valence-electron chi connectivity index (χ0n) is 15.1. The summed E-state index contributed by atoms with van der Waals surface area (Å²) in [5.41, 5.74) is 6.55. The first-order valence-electron chi connectivity index (χ1n) is 8.43. The Hall–Kier alpha value is -3.67. The molecule has 0 aliphatic carbocycles. The van der Waals surface area contributed by atoms with Gasteiger partial charge in [-0.15, -0.1) is 0 Å². The number of hydrogen-bond donors (Lipinski definition) is 2. The molecular formula is C21H20N4O2. The first-order valence-corrected chi connectivity index (χ1v) is 8.43. The Morgan fingerprint density at radius 1 is 1.19 bits per heavy atom. The van der Waals surface area contributed by atoms with Crippen LogP contribution < -0.4 is 10.2 Å². The number of amides is 1. The Morgan fingerprint density at radius 2 is 1.96 bits per heavy atom. The maximum absolute atomic E-state index is 12.1. The summed E-state index contributed by atoms with van der Waals surface area (Å²) >= 11 is 0. The molecule has 0 saturated carbocycles. The maximum atomic E-state index is 12.1. The highest BCUT2D eigenvalue weighted by Gasteiger charge is 2.10. The second-order valence-corrected chi connectivity index (χ2v) is 5.85. The van der Waals surface area contributed by atoms with Gasteiger partial charge in [0.2, 0.25) is 0 Å².